The number of hydrogen-bond donors (Lipinski definition) is 2. The van der Waals surface area contributed by atoms with Gasteiger partial charge < -0.3 is 19.9 Å². The van der Waals surface area contributed by atoms with Gasteiger partial charge in [-0.1, -0.05) is 41.5 Å². The molecule has 0 aliphatic heterocycles. The Morgan fingerprint density at radius 1 is 1.14 bits per heavy atom. The first-order chi connectivity index (χ1) is 13.5. The first kappa shape index (κ1) is 24.7. The zero-order chi connectivity index (χ0) is 22.0. The van der Waals surface area contributed by atoms with Crippen molar-refractivity contribution in [3.8, 4) is 0 Å². The number of carbonyl (C=O) groups is 2. The quantitative estimate of drug-likeness (QED) is 0.479. The summed E-state index contributed by atoms with van der Waals surface area (Å²) >= 11 is 0. The van der Waals surface area contributed by atoms with Crippen molar-refractivity contribution in [3.05, 3.63) is 47.0 Å². The Morgan fingerprint density at radius 2 is 1.76 bits per heavy atom. The Labute approximate surface area is 174 Å². The van der Waals surface area contributed by atoms with Crippen molar-refractivity contribution in [2.24, 2.45) is 0 Å². The minimum Gasteiger partial charge on any atom is -0.466 e. The van der Waals surface area contributed by atoms with Gasteiger partial charge in [0.25, 0.3) is 0 Å². The number of amides is 1. The molecule has 6 heteroatoms. The molecule has 1 rings (SSSR count). The summed E-state index contributed by atoms with van der Waals surface area (Å²) in [5, 5.41) is 13.1. The molecule has 1 aromatic carbocycles. The third-order valence-corrected chi connectivity index (χ3v) is 3.96. The summed E-state index contributed by atoms with van der Waals surface area (Å²) in [6.45, 7) is 11.5. The van der Waals surface area contributed by atoms with E-state index in [9.17, 15) is 14.7 Å². The highest BCUT2D eigenvalue weighted by Gasteiger charge is 2.19. The van der Waals surface area contributed by atoms with Crippen molar-refractivity contribution in [1.82, 2.24) is 5.32 Å². The fraction of sp³-hybridized carbons (Fsp3) is 0.565. The van der Waals surface area contributed by atoms with Crippen LogP contribution >= 0.6 is 0 Å². The number of rotatable bonds is 9. The van der Waals surface area contributed by atoms with E-state index in [1.807, 2.05) is 26.0 Å². The molecular formula is C23H35NO5. The molecular weight excluding hydrogens is 370 g/mol. The van der Waals surface area contributed by atoms with Gasteiger partial charge in [-0.3, -0.25) is 4.79 Å². The molecule has 0 spiro atoms. The average molecular weight is 406 g/mol. The summed E-state index contributed by atoms with van der Waals surface area (Å²) in [5.41, 5.74) is 2.72. The van der Waals surface area contributed by atoms with Crippen LogP contribution in [0.4, 0.5) is 4.79 Å². The third kappa shape index (κ3) is 11.3. The number of benzene rings is 1. The van der Waals surface area contributed by atoms with Gasteiger partial charge in [-0.15, -0.1) is 0 Å². The van der Waals surface area contributed by atoms with Crippen molar-refractivity contribution in [1.29, 1.82) is 0 Å². The smallest absolute Gasteiger partial charge is 0.408 e. The van der Waals surface area contributed by atoms with Crippen LogP contribution in [-0.4, -0.2) is 41.5 Å². The lowest BCUT2D eigenvalue weighted by atomic mass is 10.0. The molecule has 0 bridgehead atoms. The predicted molar refractivity (Wildman–Crippen MR) is 114 cm³/mol. The number of alkyl carbamates (subject to hydrolysis) is 1. The highest BCUT2D eigenvalue weighted by molar-refractivity contribution is 5.70. The number of aryl methyl sites for hydroxylation is 2. The molecule has 1 amide bonds. The Balaban J connectivity index is 2.76. The van der Waals surface area contributed by atoms with Gasteiger partial charge in [-0.05, 0) is 53.5 Å². The largest absolute Gasteiger partial charge is 0.466 e. The second-order valence-electron chi connectivity index (χ2n) is 8.25. The van der Waals surface area contributed by atoms with Crippen LogP contribution in [0.3, 0.4) is 0 Å². The lowest BCUT2D eigenvalue weighted by Gasteiger charge is -2.22. The maximum atomic E-state index is 12.1. The predicted octanol–water partition coefficient (Wildman–Crippen LogP) is 4.00. The highest BCUT2D eigenvalue weighted by atomic mass is 16.6. The minimum atomic E-state index is -0.707. The molecule has 2 N–H and O–H groups in total. The van der Waals surface area contributed by atoms with E-state index in [0.717, 1.165) is 16.7 Å². The summed E-state index contributed by atoms with van der Waals surface area (Å²) in [6, 6.07) is 5.72. The van der Waals surface area contributed by atoms with Gasteiger partial charge in [0.2, 0.25) is 0 Å². The number of hydrogen-bond acceptors (Lipinski definition) is 5. The maximum absolute atomic E-state index is 12.1. The fourth-order valence-corrected chi connectivity index (χ4v) is 2.94. The number of carbonyl (C=O) groups excluding carboxylic acids is 2. The van der Waals surface area contributed by atoms with Crippen molar-refractivity contribution >= 4 is 12.1 Å². The third-order valence-electron chi connectivity index (χ3n) is 3.96. The molecule has 1 aromatic rings. The summed E-state index contributed by atoms with van der Waals surface area (Å²) in [4.78, 5) is 23.8. The van der Waals surface area contributed by atoms with Crippen LogP contribution in [-0.2, 0) is 20.7 Å². The zero-order valence-electron chi connectivity index (χ0n) is 18.5. The topological polar surface area (TPSA) is 84.9 Å². The van der Waals surface area contributed by atoms with Gasteiger partial charge in [0.15, 0.2) is 0 Å². The maximum Gasteiger partial charge on any atom is 0.408 e. The number of ether oxygens (including phenoxy) is 2. The van der Waals surface area contributed by atoms with E-state index >= 15 is 0 Å². The Kier molecular flexibility index (Phi) is 9.89. The van der Waals surface area contributed by atoms with Crippen LogP contribution in [0.5, 0.6) is 0 Å². The van der Waals surface area contributed by atoms with Crippen molar-refractivity contribution in [2.45, 2.75) is 78.6 Å². The first-order valence-electron chi connectivity index (χ1n) is 10.1. The molecule has 0 fully saturated rings. The van der Waals surface area contributed by atoms with Gasteiger partial charge in [0, 0.05) is 12.8 Å². The Hall–Kier alpha value is -2.34. The number of esters is 1. The lowest BCUT2D eigenvalue weighted by Crippen LogP contribution is -2.38. The Bertz CT molecular complexity index is 685. The van der Waals surface area contributed by atoms with E-state index in [2.05, 4.69) is 11.4 Å². The summed E-state index contributed by atoms with van der Waals surface area (Å²) < 4.78 is 10.2. The molecule has 0 heterocycles. The molecule has 0 radical (unpaired) electrons. The van der Waals surface area contributed by atoms with E-state index in [1.165, 1.54) is 0 Å². The number of aliphatic hydroxyl groups is 1. The van der Waals surface area contributed by atoms with Crippen LogP contribution in [0.1, 0.15) is 57.2 Å². The molecule has 0 aromatic heterocycles. The molecule has 2 atom stereocenters. The van der Waals surface area contributed by atoms with Gasteiger partial charge in [0.05, 0.1) is 18.8 Å². The van der Waals surface area contributed by atoms with Crippen LogP contribution in [0.25, 0.3) is 0 Å². The number of aliphatic hydroxyl groups excluding tert-OH is 1. The van der Waals surface area contributed by atoms with Gasteiger partial charge in [-0.25, -0.2) is 4.79 Å². The highest BCUT2D eigenvalue weighted by Crippen LogP contribution is 2.13. The molecule has 29 heavy (non-hydrogen) atoms. The SMILES string of the molecule is CCOC(=O)CC[C@H](/C=C/[C@@H](O)Cc1cc(C)cc(C)c1)NC(=O)OC(C)(C)C. The molecule has 0 saturated heterocycles. The first-order valence-corrected chi connectivity index (χ1v) is 10.1. The second kappa shape index (κ2) is 11.6. The second-order valence-corrected chi connectivity index (χ2v) is 8.25. The average Bonchev–Trinajstić information content (AvgIpc) is 2.55. The molecule has 0 saturated carbocycles. The molecule has 0 unspecified atom stereocenters. The van der Waals surface area contributed by atoms with Crippen LogP contribution in [0, 0.1) is 13.8 Å². The van der Waals surface area contributed by atoms with Crippen molar-refractivity contribution in [2.75, 3.05) is 6.61 Å². The fourth-order valence-electron chi connectivity index (χ4n) is 2.94. The van der Waals surface area contributed by atoms with Crippen molar-refractivity contribution < 1.29 is 24.2 Å². The molecule has 0 aliphatic carbocycles. The van der Waals surface area contributed by atoms with Gasteiger partial charge in [-0.2, -0.15) is 0 Å². The zero-order valence-corrected chi connectivity index (χ0v) is 18.5. The lowest BCUT2D eigenvalue weighted by molar-refractivity contribution is -0.143. The van der Waals surface area contributed by atoms with Crippen LogP contribution in [0.15, 0.2) is 30.4 Å². The molecule has 162 valence electrons. The summed E-state index contributed by atoms with van der Waals surface area (Å²) in [6.07, 6.45) is 3.05. The minimum absolute atomic E-state index is 0.159. The number of nitrogens with one attached hydrogen (secondary N) is 1. The molecule has 0 aliphatic rings. The van der Waals surface area contributed by atoms with Gasteiger partial charge in [0.1, 0.15) is 5.60 Å². The monoisotopic (exact) mass is 405 g/mol. The van der Waals surface area contributed by atoms with Crippen molar-refractivity contribution in [3.63, 3.8) is 0 Å². The van der Waals surface area contributed by atoms with Crippen LogP contribution in [0.2, 0.25) is 0 Å². The van der Waals surface area contributed by atoms with E-state index in [1.54, 1.807) is 39.8 Å². The van der Waals surface area contributed by atoms with E-state index in [-0.39, 0.29) is 12.4 Å². The Morgan fingerprint density at radius 3 is 2.31 bits per heavy atom. The van der Waals surface area contributed by atoms with E-state index in [4.69, 9.17) is 9.47 Å². The summed E-state index contributed by atoms with van der Waals surface area (Å²) in [5.74, 6) is -0.326. The summed E-state index contributed by atoms with van der Waals surface area (Å²) in [7, 11) is 0. The standard InChI is InChI=1S/C23H35NO5/c1-7-28-21(26)11-9-19(24-22(27)29-23(4,5)6)8-10-20(25)15-18-13-16(2)12-17(3)14-18/h8,10,12-14,19-20,25H,7,9,11,15H2,1-6H3,(H,24,27)/b10-8+/t19-,20+/m0/s1. The molecule has 6 nitrogen and oxygen atoms in total. The van der Waals surface area contributed by atoms with Gasteiger partial charge >= 0.3 is 12.1 Å². The van der Waals surface area contributed by atoms with Crippen LogP contribution < -0.4 is 5.32 Å². The normalized spacial score (nSPS) is 13.8. The van der Waals surface area contributed by atoms with E-state index in [0.29, 0.717) is 19.4 Å². The van der Waals surface area contributed by atoms with E-state index < -0.39 is 23.8 Å².